The first-order valence-electron chi connectivity index (χ1n) is 5.76. The van der Waals surface area contributed by atoms with Crippen molar-refractivity contribution >= 4 is 11.6 Å². The summed E-state index contributed by atoms with van der Waals surface area (Å²) in [6.45, 7) is 3.38. The Morgan fingerprint density at radius 3 is 3.00 bits per heavy atom. The van der Waals surface area contributed by atoms with Crippen molar-refractivity contribution in [3.8, 4) is 0 Å². The van der Waals surface area contributed by atoms with Crippen LogP contribution in [0.5, 0.6) is 0 Å². The molecule has 1 atom stereocenters. The topological polar surface area (TPSA) is 42.1 Å². The zero-order valence-corrected chi connectivity index (χ0v) is 9.32. The van der Waals surface area contributed by atoms with E-state index in [1.807, 2.05) is 12.1 Å². The van der Waals surface area contributed by atoms with Gasteiger partial charge in [-0.25, -0.2) is 4.98 Å². The lowest BCUT2D eigenvalue weighted by Gasteiger charge is -2.28. The molecule has 0 bridgehead atoms. The summed E-state index contributed by atoms with van der Waals surface area (Å²) in [4.78, 5) is 6.77. The second-order valence-corrected chi connectivity index (χ2v) is 4.31. The molecule has 3 nitrogen and oxygen atoms in total. The molecule has 2 N–H and O–H groups in total. The summed E-state index contributed by atoms with van der Waals surface area (Å²) in [5.41, 5.74) is 5.71. The first-order chi connectivity index (χ1) is 7.27. The molecule has 3 heteroatoms. The zero-order chi connectivity index (χ0) is 10.7. The summed E-state index contributed by atoms with van der Waals surface area (Å²) in [5, 5.41) is 0. The zero-order valence-electron chi connectivity index (χ0n) is 9.32. The van der Waals surface area contributed by atoms with Gasteiger partial charge in [-0.05, 0) is 31.9 Å². The van der Waals surface area contributed by atoms with E-state index in [-0.39, 0.29) is 0 Å². The van der Waals surface area contributed by atoms with Crippen molar-refractivity contribution in [2.75, 3.05) is 17.2 Å². The van der Waals surface area contributed by atoms with Gasteiger partial charge in [-0.1, -0.05) is 18.9 Å². The van der Waals surface area contributed by atoms with Gasteiger partial charge in [0.1, 0.15) is 11.6 Å². The van der Waals surface area contributed by atoms with Crippen molar-refractivity contribution in [3.63, 3.8) is 0 Å². The lowest BCUT2D eigenvalue weighted by atomic mass is 10.1. The van der Waals surface area contributed by atoms with Crippen LogP contribution in [0.1, 0.15) is 32.6 Å². The number of nitrogen functional groups attached to an aromatic ring is 1. The van der Waals surface area contributed by atoms with Crippen LogP contribution < -0.4 is 10.6 Å². The van der Waals surface area contributed by atoms with Gasteiger partial charge in [-0.2, -0.15) is 0 Å². The second-order valence-electron chi connectivity index (χ2n) is 4.31. The van der Waals surface area contributed by atoms with E-state index < -0.39 is 0 Å². The van der Waals surface area contributed by atoms with Crippen LogP contribution in [0, 0.1) is 0 Å². The van der Waals surface area contributed by atoms with Crippen LogP contribution in [0.3, 0.4) is 0 Å². The third kappa shape index (κ3) is 2.41. The molecular weight excluding hydrogens is 186 g/mol. The predicted molar refractivity (Wildman–Crippen MR) is 63.9 cm³/mol. The van der Waals surface area contributed by atoms with E-state index in [4.69, 9.17) is 5.73 Å². The Morgan fingerprint density at radius 2 is 2.20 bits per heavy atom. The molecule has 0 aromatic carbocycles. The molecular formula is C12H19N3. The number of aromatic nitrogens is 1. The van der Waals surface area contributed by atoms with Gasteiger partial charge in [0.15, 0.2) is 0 Å². The summed E-state index contributed by atoms with van der Waals surface area (Å²) in [5.74, 6) is 1.65. The number of hydrogen-bond acceptors (Lipinski definition) is 3. The van der Waals surface area contributed by atoms with Crippen molar-refractivity contribution in [1.82, 2.24) is 4.98 Å². The number of nitrogens with zero attached hydrogens (tertiary/aromatic N) is 2. The quantitative estimate of drug-likeness (QED) is 0.765. The van der Waals surface area contributed by atoms with Crippen LogP contribution in [0.15, 0.2) is 18.2 Å². The highest BCUT2D eigenvalue weighted by Crippen LogP contribution is 2.22. The molecule has 1 aliphatic heterocycles. The maximum atomic E-state index is 5.71. The van der Waals surface area contributed by atoms with Crippen LogP contribution in [0.4, 0.5) is 11.6 Å². The first-order valence-corrected chi connectivity index (χ1v) is 5.76. The Balaban J connectivity index is 2.20. The molecule has 82 valence electrons. The highest BCUT2D eigenvalue weighted by Gasteiger charge is 2.17. The molecule has 1 saturated heterocycles. The fourth-order valence-electron chi connectivity index (χ4n) is 2.21. The third-order valence-electron chi connectivity index (χ3n) is 3.10. The van der Waals surface area contributed by atoms with Crippen molar-refractivity contribution in [1.29, 1.82) is 0 Å². The highest BCUT2D eigenvalue weighted by atomic mass is 15.2. The minimum atomic E-state index is 0.585. The van der Waals surface area contributed by atoms with Crippen molar-refractivity contribution in [2.24, 2.45) is 0 Å². The van der Waals surface area contributed by atoms with E-state index in [0.29, 0.717) is 11.9 Å². The third-order valence-corrected chi connectivity index (χ3v) is 3.10. The van der Waals surface area contributed by atoms with Gasteiger partial charge >= 0.3 is 0 Å². The highest BCUT2D eigenvalue weighted by molar-refractivity contribution is 5.45. The van der Waals surface area contributed by atoms with E-state index >= 15 is 0 Å². The molecule has 2 heterocycles. The minimum Gasteiger partial charge on any atom is -0.384 e. The maximum absolute atomic E-state index is 5.71. The molecule has 1 aromatic rings. The SMILES string of the molecule is CC1CCCCCN1c1cccc(N)n1. The van der Waals surface area contributed by atoms with Crippen molar-refractivity contribution < 1.29 is 0 Å². The minimum absolute atomic E-state index is 0.585. The normalized spacial score (nSPS) is 22.5. The number of nitrogens with two attached hydrogens (primary N) is 1. The summed E-state index contributed by atoms with van der Waals surface area (Å²) < 4.78 is 0. The number of pyridine rings is 1. The number of hydrogen-bond donors (Lipinski definition) is 1. The van der Waals surface area contributed by atoms with Gasteiger partial charge in [0.05, 0.1) is 0 Å². The Hall–Kier alpha value is -1.25. The lowest BCUT2D eigenvalue weighted by Crippen LogP contribution is -2.33. The van der Waals surface area contributed by atoms with Gasteiger partial charge in [0.25, 0.3) is 0 Å². The van der Waals surface area contributed by atoms with E-state index in [1.54, 1.807) is 0 Å². The summed E-state index contributed by atoms with van der Waals surface area (Å²) in [6, 6.07) is 6.46. The largest absolute Gasteiger partial charge is 0.384 e. The smallest absolute Gasteiger partial charge is 0.131 e. The fraction of sp³-hybridized carbons (Fsp3) is 0.583. The van der Waals surface area contributed by atoms with Crippen LogP contribution in [0.2, 0.25) is 0 Å². The monoisotopic (exact) mass is 205 g/mol. The molecule has 1 unspecified atom stereocenters. The fourth-order valence-corrected chi connectivity index (χ4v) is 2.21. The average Bonchev–Trinajstić information content (AvgIpc) is 2.43. The van der Waals surface area contributed by atoms with Crippen molar-refractivity contribution in [2.45, 2.75) is 38.6 Å². The molecule has 0 amide bonds. The van der Waals surface area contributed by atoms with Gasteiger partial charge < -0.3 is 10.6 Å². The Morgan fingerprint density at radius 1 is 1.33 bits per heavy atom. The molecule has 1 aliphatic rings. The van der Waals surface area contributed by atoms with Gasteiger partial charge in [0, 0.05) is 12.6 Å². The Labute approximate surface area is 91.3 Å². The molecule has 15 heavy (non-hydrogen) atoms. The number of anilines is 2. The van der Waals surface area contributed by atoms with Gasteiger partial charge in [-0.15, -0.1) is 0 Å². The Bertz CT molecular complexity index is 324. The summed E-state index contributed by atoms with van der Waals surface area (Å²) in [6.07, 6.45) is 5.19. The van der Waals surface area contributed by atoms with E-state index in [0.717, 1.165) is 12.4 Å². The van der Waals surface area contributed by atoms with Gasteiger partial charge in [-0.3, -0.25) is 0 Å². The molecule has 0 aliphatic carbocycles. The standard InChI is InChI=1S/C12H19N3/c1-10-6-3-2-4-9-15(10)12-8-5-7-11(13)14-12/h5,7-8,10H,2-4,6,9H2,1H3,(H2,13,14). The van der Waals surface area contributed by atoms with Crippen LogP contribution in [0.25, 0.3) is 0 Å². The molecule has 1 fully saturated rings. The molecule has 0 radical (unpaired) electrons. The second kappa shape index (κ2) is 4.51. The van der Waals surface area contributed by atoms with Crippen LogP contribution in [-0.2, 0) is 0 Å². The van der Waals surface area contributed by atoms with Crippen molar-refractivity contribution in [3.05, 3.63) is 18.2 Å². The van der Waals surface area contributed by atoms with E-state index in [2.05, 4.69) is 22.9 Å². The Kier molecular flexibility index (Phi) is 3.09. The first kappa shape index (κ1) is 10.3. The summed E-state index contributed by atoms with van der Waals surface area (Å²) in [7, 11) is 0. The molecule has 0 saturated carbocycles. The van der Waals surface area contributed by atoms with Gasteiger partial charge in [0.2, 0.25) is 0 Å². The van der Waals surface area contributed by atoms with E-state index in [1.165, 1.54) is 25.7 Å². The molecule has 0 spiro atoms. The lowest BCUT2D eigenvalue weighted by molar-refractivity contribution is 0.611. The van der Waals surface area contributed by atoms with E-state index in [9.17, 15) is 0 Å². The average molecular weight is 205 g/mol. The molecule has 1 aromatic heterocycles. The van der Waals surface area contributed by atoms with Crippen LogP contribution in [-0.4, -0.2) is 17.6 Å². The summed E-state index contributed by atoms with van der Waals surface area (Å²) >= 11 is 0. The number of rotatable bonds is 1. The molecule has 2 rings (SSSR count). The predicted octanol–water partition coefficient (Wildman–Crippen LogP) is 2.43. The van der Waals surface area contributed by atoms with Crippen LogP contribution >= 0.6 is 0 Å². The maximum Gasteiger partial charge on any atom is 0.131 e.